The van der Waals surface area contributed by atoms with Gasteiger partial charge in [-0.1, -0.05) is 5.21 Å². The summed E-state index contributed by atoms with van der Waals surface area (Å²) in [6.45, 7) is 0. The molecule has 0 saturated heterocycles. The molecule has 5 heteroatoms. The SMILES string of the molecule is Cn1cc(-c2cncn2C)nn1. The van der Waals surface area contributed by atoms with Crippen molar-refractivity contribution in [2.45, 2.75) is 0 Å². The lowest BCUT2D eigenvalue weighted by Gasteiger charge is -1.93. The zero-order valence-corrected chi connectivity index (χ0v) is 6.97. The van der Waals surface area contributed by atoms with Crippen molar-refractivity contribution in [2.75, 3.05) is 0 Å². The molecule has 0 saturated carbocycles. The molecule has 0 bridgehead atoms. The number of aryl methyl sites for hydroxylation is 2. The molecule has 0 aliphatic heterocycles. The van der Waals surface area contributed by atoms with Crippen LogP contribution >= 0.6 is 0 Å². The Hall–Kier alpha value is -1.65. The van der Waals surface area contributed by atoms with E-state index < -0.39 is 0 Å². The van der Waals surface area contributed by atoms with E-state index in [9.17, 15) is 0 Å². The molecule has 5 nitrogen and oxygen atoms in total. The van der Waals surface area contributed by atoms with Gasteiger partial charge in [-0.15, -0.1) is 5.10 Å². The Morgan fingerprint density at radius 3 is 2.67 bits per heavy atom. The average molecular weight is 163 g/mol. The van der Waals surface area contributed by atoms with Crippen LogP contribution in [0.5, 0.6) is 0 Å². The molecule has 0 fully saturated rings. The summed E-state index contributed by atoms with van der Waals surface area (Å²) in [6, 6.07) is 0. The summed E-state index contributed by atoms with van der Waals surface area (Å²) in [5.74, 6) is 0. The minimum atomic E-state index is 0.845. The van der Waals surface area contributed by atoms with Gasteiger partial charge in [-0.05, 0) is 0 Å². The second kappa shape index (κ2) is 2.44. The summed E-state index contributed by atoms with van der Waals surface area (Å²) < 4.78 is 3.58. The highest BCUT2D eigenvalue weighted by molar-refractivity contribution is 5.51. The molecule has 62 valence electrons. The van der Waals surface area contributed by atoms with Crippen molar-refractivity contribution >= 4 is 0 Å². The quantitative estimate of drug-likeness (QED) is 0.604. The molecule has 12 heavy (non-hydrogen) atoms. The van der Waals surface area contributed by atoms with Crippen LogP contribution < -0.4 is 0 Å². The van der Waals surface area contributed by atoms with E-state index in [1.807, 2.05) is 24.9 Å². The van der Waals surface area contributed by atoms with Crippen LogP contribution in [0.1, 0.15) is 0 Å². The molecule has 0 aliphatic rings. The standard InChI is InChI=1S/C7H9N5/c1-11-5-8-3-7(11)6-4-12(2)10-9-6/h3-5H,1-2H3. The number of hydrogen-bond acceptors (Lipinski definition) is 3. The van der Waals surface area contributed by atoms with Crippen molar-refractivity contribution in [3.8, 4) is 11.4 Å². The molecule has 0 atom stereocenters. The highest BCUT2D eigenvalue weighted by Crippen LogP contribution is 2.12. The highest BCUT2D eigenvalue weighted by atomic mass is 15.4. The fraction of sp³-hybridized carbons (Fsp3) is 0.286. The van der Waals surface area contributed by atoms with Gasteiger partial charge in [-0.2, -0.15) is 0 Å². The Labute approximate surface area is 69.7 Å². The molecule has 0 aromatic carbocycles. The molecule has 0 N–H and O–H groups in total. The van der Waals surface area contributed by atoms with Gasteiger partial charge < -0.3 is 4.57 Å². The number of nitrogens with zero attached hydrogens (tertiary/aromatic N) is 5. The van der Waals surface area contributed by atoms with E-state index in [0.29, 0.717) is 0 Å². The Kier molecular flexibility index (Phi) is 1.43. The van der Waals surface area contributed by atoms with Gasteiger partial charge in [0.2, 0.25) is 0 Å². The lowest BCUT2D eigenvalue weighted by atomic mass is 10.3. The summed E-state index contributed by atoms with van der Waals surface area (Å²) in [7, 11) is 3.77. The van der Waals surface area contributed by atoms with Gasteiger partial charge in [-0.25, -0.2) is 4.98 Å². The van der Waals surface area contributed by atoms with Crippen LogP contribution in [0, 0.1) is 0 Å². The Bertz CT molecular complexity index is 386. The van der Waals surface area contributed by atoms with E-state index in [2.05, 4.69) is 15.3 Å². The molecular weight excluding hydrogens is 154 g/mol. The molecule has 2 aromatic heterocycles. The molecule has 0 spiro atoms. The van der Waals surface area contributed by atoms with Gasteiger partial charge in [-0.3, -0.25) is 4.68 Å². The Morgan fingerprint density at radius 2 is 2.17 bits per heavy atom. The third kappa shape index (κ3) is 0.990. The molecule has 2 rings (SSSR count). The van der Waals surface area contributed by atoms with Gasteiger partial charge in [0.15, 0.2) is 0 Å². The van der Waals surface area contributed by atoms with Crippen LogP contribution in [-0.4, -0.2) is 24.5 Å². The first-order chi connectivity index (χ1) is 5.77. The van der Waals surface area contributed by atoms with E-state index in [1.165, 1.54) is 0 Å². The smallest absolute Gasteiger partial charge is 0.131 e. The maximum absolute atomic E-state index is 3.99. The van der Waals surface area contributed by atoms with Crippen LogP contribution in [0.3, 0.4) is 0 Å². The lowest BCUT2D eigenvalue weighted by Crippen LogP contribution is -1.88. The van der Waals surface area contributed by atoms with Gasteiger partial charge in [0.25, 0.3) is 0 Å². The fourth-order valence-electron chi connectivity index (χ4n) is 1.07. The zero-order valence-electron chi connectivity index (χ0n) is 6.97. The second-order valence-electron chi connectivity index (χ2n) is 2.67. The molecular formula is C7H9N5. The molecule has 2 aromatic rings. The van der Waals surface area contributed by atoms with Crippen LogP contribution in [0.4, 0.5) is 0 Å². The summed E-state index contributed by atoms with van der Waals surface area (Å²) >= 11 is 0. The third-order valence-corrected chi connectivity index (χ3v) is 1.68. The van der Waals surface area contributed by atoms with E-state index >= 15 is 0 Å². The number of hydrogen-bond donors (Lipinski definition) is 0. The topological polar surface area (TPSA) is 48.5 Å². The normalized spacial score (nSPS) is 10.5. The Balaban J connectivity index is 2.50. The minimum absolute atomic E-state index is 0.845. The molecule has 2 heterocycles. The molecule has 0 radical (unpaired) electrons. The van der Waals surface area contributed by atoms with Crippen molar-refractivity contribution in [3.05, 3.63) is 18.7 Å². The fourth-order valence-corrected chi connectivity index (χ4v) is 1.07. The number of aromatic nitrogens is 5. The van der Waals surface area contributed by atoms with Crippen LogP contribution in [0.25, 0.3) is 11.4 Å². The first-order valence-corrected chi connectivity index (χ1v) is 3.60. The van der Waals surface area contributed by atoms with Gasteiger partial charge >= 0.3 is 0 Å². The zero-order chi connectivity index (χ0) is 8.55. The van der Waals surface area contributed by atoms with Gasteiger partial charge in [0, 0.05) is 14.1 Å². The van der Waals surface area contributed by atoms with Crippen molar-refractivity contribution in [2.24, 2.45) is 14.1 Å². The summed E-state index contributed by atoms with van der Waals surface area (Å²) in [6.07, 6.45) is 5.37. The van der Waals surface area contributed by atoms with Crippen molar-refractivity contribution < 1.29 is 0 Å². The highest BCUT2D eigenvalue weighted by Gasteiger charge is 2.04. The molecule has 0 unspecified atom stereocenters. The maximum Gasteiger partial charge on any atom is 0.131 e. The predicted molar refractivity (Wildman–Crippen MR) is 43.2 cm³/mol. The summed E-state index contributed by atoms with van der Waals surface area (Å²) in [4.78, 5) is 3.99. The van der Waals surface area contributed by atoms with E-state index in [-0.39, 0.29) is 0 Å². The molecule has 0 amide bonds. The largest absolute Gasteiger partial charge is 0.332 e. The van der Waals surface area contributed by atoms with Crippen LogP contribution in [0.2, 0.25) is 0 Å². The first kappa shape index (κ1) is 7.02. The third-order valence-electron chi connectivity index (χ3n) is 1.68. The van der Waals surface area contributed by atoms with Gasteiger partial charge in [0.05, 0.1) is 24.4 Å². The van der Waals surface area contributed by atoms with Gasteiger partial charge in [0.1, 0.15) is 5.69 Å². The number of imidazole rings is 1. The van der Waals surface area contributed by atoms with Crippen molar-refractivity contribution in [3.63, 3.8) is 0 Å². The first-order valence-electron chi connectivity index (χ1n) is 3.60. The van der Waals surface area contributed by atoms with E-state index in [4.69, 9.17) is 0 Å². The maximum atomic E-state index is 3.99. The van der Waals surface area contributed by atoms with Crippen LogP contribution in [0.15, 0.2) is 18.7 Å². The van der Waals surface area contributed by atoms with Crippen molar-refractivity contribution in [1.82, 2.24) is 24.5 Å². The number of rotatable bonds is 1. The monoisotopic (exact) mass is 163 g/mol. The molecule has 0 aliphatic carbocycles. The summed E-state index contributed by atoms with van der Waals surface area (Å²) in [5, 5.41) is 7.81. The van der Waals surface area contributed by atoms with Crippen molar-refractivity contribution in [1.29, 1.82) is 0 Å². The summed E-state index contributed by atoms with van der Waals surface area (Å²) in [5.41, 5.74) is 1.82. The second-order valence-corrected chi connectivity index (χ2v) is 2.67. The lowest BCUT2D eigenvalue weighted by molar-refractivity contribution is 0.715. The minimum Gasteiger partial charge on any atom is -0.332 e. The van der Waals surface area contributed by atoms with Crippen LogP contribution in [-0.2, 0) is 14.1 Å². The van der Waals surface area contributed by atoms with E-state index in [1.54, 1.807) is 17.2 Å². The predicted octanol–water partition coefficient (Wildman–Crippen LogP) is 0.216. The van der Waals surface area contributed by atoms with E-state index in [0.717, 1.165) is 11.4 Å². The Morgan fingerprint density at radius 1 is 1.33 bits per heavy atom. The average Bonchev–Trinajstić information content (AvgIpc) is 2.58.